The fourth-order valence-electron chi connectivity index (χ4n) is 5.59. The van der Waals surface area contributed by atoms with Gasteiger partial charge in [-0.25, -0.2) is 18.4 Å². The number of morpholine rings is 1. The van der Waals surface area contributed by atoms with Gasteiger partial charge < -0.3 is 9.64 Å². The molecular weight excluding hydrogens is 518 g/mol. The molecule has 3 aliphatic rings. The molecule has 2 fully saturated rings. The van der Waals surface area contributed by atoms with Crippen LogP contribution in [-0.2, 0) is 34.1 Å². The second-order valence-corrected chi connectivity index (χ2v) is 13.4. The van der Waals surface area contributed by atoms with Crippen molar-refractivity contribution in [3.8, 4) is 0 Å². The van der Waals surface area contributed by atoms with Crippen LogP contribution in [0.25, 0.3) is 16.3 Å². The van der Waals surface area contributed by atoms with Crippen LogP contribution in [0.1, 0.15) is 35.2 Å². The molecule has 1 atom stereocenters. The van der Waals surface area contributed by atoms with Gasteiger partial charge >= 0.3 is 0 Å². The molecule has 38 heavy (non-hydrogen) atoms. The highest BCUT2D eigenvalue weighted by Gasteiger charge is 2.30. The van der Waals surface area contributed by atoms with Crippen molar-refractivity contribution < 1.29 is 13.2 Å². The first kappa shape index (κ1) is 25.9. The SMILES string of the molecule is CC1CCc2c(sc3nc(CN4CCOCC4)nc(N4CCN(S(=O)(=O)C=Cc5ccccc5)CC4)c23)C1. The van der Waals surface area contributed by atoms with E-state index in [-0.39, 0.29) is 0 Å². The lowest BCUT2D eigenvalue weighted by Crippen LogP contribution is -2.48. The maximum absolute atomic E-state index is 13.1. The lowest BCUT2D eigenvalue weighted by molar-refractivity contribution is 0.0331. The number of ether oxygens (including phenoxy) is 1. The zero-order valence-corrected chi connectivity index (χ0v) is 23.5. The van der Waals surface area contributed by atoms with Crippen molar-refractivity contribution in [1.82, 2.24) is 19.2 Å². The number of piperazine rings is 1. The van der Waals surface area contributed by atoms with E-state index in [1.165, 1.54) is 27.7 Å². The molecule has 0 saturated carbocycles. The summed E-state index contributed by atoms with van der Waals surface area (Å²) in [6, 6.07) is 9.55. The first-order valence-corrected chi connectivity index (χ1v) is 15.9. The van der Waals surface area contributed by atoms with Gasteiger partial charge in [0.2, 0.25) is 10.0 Å². The lowest BCUT2D eigenvalue weighted by Gasteiger charge is -2.35. The van der Waals surface area contributed by atoms with Gasteiger partial charge in [-0.15, -0.1) is 11.3 Å². The Morgan fingerprint density at radius 1 is 1.05 bits per heavy atom. The first-order chi connectivity index (χ1) is 18.5. The Labute approximate surface area is 229 Å². The van der Waals surface area contributed by atoms with Crippen LogP contribution < -0.4 is 4.90 Å². The van der Waals surface area contributed by atoms with E-state index in [2.05, 4.69) is 16.7 Å². The Kier molecular flexibility index (Phi) is 7.50. The number of aromatic nitrogens is 2. The first-order valence-electron chi connectivity index (χ1n) is 13.6. The second-order valence-electron chi connectivity index (χ2n) is 10.5. The standard InChI is InChI=1S/C28H35N5O3S2/c1-21-7-8-23-24(19-21)37-28-26(23)27(29-25(30-28)20-31-14-16-36-17-15-31)32-10-12-33(13-11-32)38(34,35)18-9-22-5-3-2-4-6-22/h2-6,9,18,21H,7-8,10-17,19-20H2,1H3. The van der Waals surface area contributed by atoms with Crippen LogP contribution in [0.4, 0.5) is 5.82 Å². The number of thiophene rings is 1. The molecule has 1 aromatic carbocycles. The van der Waals surface area contributed by atoms with Crippen molar-refractivity contribution in [2.75, 3.05) is 57.4 Å². The summed E-state index contributed by atoms with van der Waals surface area (Å²) in [5, 5.41) is 2.53. The quantitative estimate of drug-likeness (QED) is 0.460. The molecule has 1 unspecified atom stereocenters. The van der Waals surface area contributed by atoms with Crippen LogP contribution >= 0.6 is 11.3 Å². The third kappa shape index (κ3) is 5.51. The number of hydrogen-bond acceptors (Lipinski definition) is 8. The fourth-order valence-corrected chi connectivity index (χ4v) is 8.16. The molecule has 3 aromatic rings. The summed E-state index contributed by atoms with van der Waals surface area (Å²) in [4.78, 5) is 17.4. The molecule has 4 heterocycles. The van der Waals surface area contributed by atoms with Gasteiger partial charge in [-0.2, -0.15) is 4.31 Å². The molecule has 6 rings (SSSR count). The normalized spacial score (nSPS) is 21.8. The predicted octanol–water partition coefficient (Wildman–Crippen LogP) is 3.77. The molecule has 0 N–H and O–H groups in total. The molecule has 1 aliphatic carbocycles. The number of fused-ring (bicyclic) bond motifs is 3. The highest BCUT2D eigenvalue weighted by Crippen LogP contribution is 2.41. The predicted molar refractivity (Wildman–Crippen MR) is 153 cm³/mol. The molecule has 0 bridgehead atoms. The van der Waals surface area contributed by atoms with E-state index >= 15 is 0 Å². The largest absolute Gasteiger partial charge is 0.379 e. The monoisotopic (exact) mass is 553 g/mol. The van der Waals surface area contributed by atoms with Crippen molar-refractivity contribution in [1.29, 1.82) is 0 Å². The van der Waals surface area contributed by atoms with Gasteiger partial charge in [-0.05, 0) is 42.4 Å². The molecule has 0 radical (unpaired) electrons. The average Bonchev–Trinajstić information content (AvgIpc) is 3.30. The van der Waals surface area contributed by atoms with Crippen LogP contribution in [-0.4, -0.2) is 80.1 Å². The fraction of sp³-hybridized carbons (Fsp3) is 0.500. The van der Waals surface area contributed by atoms with Gasteiger partial charge in [0.05, 0.1) is 25.1 Å². The Bertz CT molecular complexity index is 1410. The highest BCUT2D eigenvalue weighted by atomic mass is 32.2. The zero-order chi connectivity index (χ0) is 26.1. The molecule has 0 amide bonds. The number of anilines is 1. The summed E-state index contributed by atoms with van der Waals surface area (Å²) in [5.74, 6) is 2.53. The van der Waals surface area contributed by atoms with E-state index in [1.54, 1.807) is 10.4 Å². The molecule has 202 valence electrons. The maximum atomic E-state index is 13.1. The third-order valence-corrected chi connectivity index (χ3v) is 10.5. The Morgan fingerprint density at radius 3 is 2.58 bits per heavy atom. The molecule has 2 aliphatic heterocycles. The Balaban J connectivity index is 1.26. The molecule has 10 heteroatoms. The summed E-state index contributed by atoms with van der Waals surface area (Å²) < 4.78 is 33.2. The van der Waals surface area contributed by atoms with Crippen molar-refractivity contribution in [2.24, 2.45) is 5.92 Å². The number of benzene rings is 1. The van der Waals surface area contributed by atoms with E-state index in [0.717, 1.165) is 61.2 Å². The minimum atomic E-state index is -3.49. The molecule has 2 saturated heterocycles. The minimum absolute atomic E-state index is 0.440. The molecular formula is C28H35N5O3S2. The number of sulfonamides is 1. The van der Waals surface area contributed by atoms with Gasteiger partial charge in [-0.1, -0.05) is 37.3 Å². The van der Waals surface area contributed by atoms with Crippen molar-refractivity contribution >= 4 is 43.5 Å². The third-order valence-electron chi connectivity index (χ3n) is 7.78. The van der Waals surface area contributed by atoms with Crippen molar-refractivity contribution in [3.63, 3.8) is 0 Å². The van der Waals surface area contributed by atoms with E-state index in [4.69, 9.17) is 14.7 Å². The second kappa shape index (κ2) is 11.0. The van der Waals surface area contributed by atoms with Gasteiger partial charge in [0, 0.05) is 49.6 Å². The summed E-state index contributed by atoms with van der Waals surface area (Å²) >= 11 is 1.83. The van der Waals surface area contributed by atoms with Gasteiger partial charge in [0.1, 0.15) is 16.5 Å². The summed E-state index contributed by atoms with van der Waals surface area (Å²) in [5.41, 5.74) is 2.29. The Hall–Kier alpha value is -2.37. The highest BCUT2D eigenvalue weighted by molar-refractivity contribution is 7.92. The average molecular weight is 554 g/mol. The van der Waals surface area contributed by atoms with Gasteiger partial charge in [0.15, 0.2) is 0 Å². The molecule has 8 nitrogen and oxygen atoms in total. The van der Waals surface area contributed by atoms with E-state index in [0.29, 0.717) is 38.6 Å². The number of aryl methyl sites for hydroxylation is 1. The van der Waals surface area contributed by atoms with Crippen molar-refractivity contribution in [2.45, 2.75) is 32.7 Å². The number of nitrogens with zero attached hydrogens (tertiary/aromatic N) is 5. The lowest BCUT2D eigenvalue weighted by atomic mass is 9.89. The van der Waals surface area contributed by atoms with Crippen LogP contribution in [0.3, 0.4) is 0 Å². The van der Waals surface area contributed by atoms with Gasteiger partial charge in [0.25, 0.3) is 0 Å². The van der Waals surface area contributed by atoms with E-state index in [9.17, 15) is 8.42 Å². The topological polar surface area (TPSA) is 78.9 Å². The molecule has 2 aromatic heterocycles. The van der Waals surface area contributed by atoms with E-state index in [1.807, 2.05) is 41.7 Å². The van der Waals surface area contributed by atoms with Gasteiger partial charge in [-0.3, -0.25) is 4.90 Å². The van der Waals surface area contributed by atoms with E-state index < -0.39 is 10.0 Å². The minimum Gasteiger partial charge on any atom is -0.379 e. The number of rotatable bonds is 6. The van der Waals surface area contributed by atoms with Crippen LogP contribution in [0.2, 0.25) is 0 Å². The smallest absolute Gasteiger partial charge is 0.236 e. The van der Waals surface area contributed by atoms with Crippen LogP contribution in [0, 0.1) is 5.92 Å². The summed E-state index contributed by atoms with van der Waals surface area (Å²) in [6.45, 7) is 8.42. The van der Waals surface area contributed by atoms with Crippen molar-refractivity contribution in [3.05, 3.63) is 57.6 Å². The van der Waals surface area contributed by atoms with Crippen LogP contribution in [0.15, 0.2) is 35.7 Å². The molecule has 0 spiro atoms. The zero-order valence-electron chi connectivity index (χ0n) is 21.9. The summed E-state index contributed by atoms with van der Waals surface area (Å²) in [6.07, 6.45) is 5.03. The Morgan fingerprint density at radius 2 is 1.82 bits per heavy atom. The van der Waals surface area contributed by atoms with Crippen LogP contribution in [0.5, 0.6) is 0 Å². The number of hydrogen-bond donors (Lipinski definition) is 0. The summed E-state index contributed by atoms with van der Waals surface area (Å²) in [7, 11) is -3.49. The maximum Gasteiger partial charge on any atom is 0.236 e.